The minimum atomic E-state index is 0.264. The van der Waals surface area contributed by atoms with Crippen LogP contribution in [0.5, 0.6) is 0 Å². The standard InChI is InChI=1S/C13H19N3/c1-8(2)10-6-12(15-5)16-13(9(3)4)11(10)7-14/h6,8-9H,1-5H3,(H,15,16). The van der Waals surface area contributed by atoms with Crippen LogP contribution in [0.2, 0.25) is 0 Å². The Bertz CT molecular complexity index is 385. The van der Waals surface area contributed by atoms with Crippen molar-refractivity contribution in [1.29, 1.82) is 5.26 Å². The molecule has 0 fully saturated rings. The lowest BCUT2D eigenvalue weighted by molar-refractivity contribution is 0.794. The number of nitrogens with zero attached hydrogens (tertiary/aromatic N) is 2. The van der Waals surface area contributed by atoms with Crippen LogP contribution in [0, 0.1) is 11.3 Å². The van der Waals surface area contributed by atoms with Gasteiger partial charge in [-0.2, -0.15) is 5.26 Å². The molecule has 0 spiro atoms. The van der Waals surface area contributed by atoms with Crippen LogP contribution in [-0.2, 0) is 0 Å². The Morgan fingerprint density at radius 2 is 1.88 bits per heavy atom. The molecule has 1 N–H and O–H groups in total. The van der Waals surface area contributed by atoms with Crippen molar-refractivity contribution in [3.8, 4) is 6.07 Å². The second-order valence-corrected chi connectivity index (χ2v) is 4.53. The second kappa shape index (κ2) is 4.98. The van der Waals surface area contributed by atoms with Crippen molar-refractivity contribution in [2.24, 2.45) is 0 Å². The number of anilines is 1. The molecule has 0 amide bonds. The van der Waals surface area contributed by atoms with Crippen LogP contribution in [0.25, 0.3) is 0 Å². The van der Waals surface area contributed by atoms with E-state index in [0.29, 0.717) is 5.92 Å². The van der Waals surface area contributed by atoms with Crippen LogP contribution in [0.3, 0.4) is 0 Å². The molecule has 1 heterocycles. The summed E-state index contributed by atoms with van der Waals surface area (Å²) in [7, 11) is 1.85. The number of rotatable bonds is 3. The van der Waals surface area contributed by atoms with Gasteiger partial charge in [-0.3, -0.25) is 0 Å². The third-order valence-electron chi connectivity index (χ3n) is 2.61. The van der Waals surface area contributed by atoms with Crippen molar-refractivity contribution < 1.29 is 0 Å². The first-order chi connectivity index (χ1) is 7.51. The molecule has 0 aliphatic heterocycles. The molecule has 0 aliphatic rings. The summed E-state index contributed by atoms with van der Waals surface area (Å²) in [6, 6.07) is 4.26. The zero-order valence-electron chi connectivity index (χ0n) is 10.6. The van der Waals surface area contributed by atoms with Crippen LogP contribution in [0.15, 0.2) is 6.07 Å². The highest BCUT2D eigenvalue weighted by molar-refractivity contribution is 5.51. The molecule has 0 aromatic carbocycles. The van der Waals surface area contributed by atoms with Crippen molar-refractivity contribution in [1.82, 2.24) is 4.98 Å². The molecular formula is C13H19N3. The highest BCUT2D eigenvalue weighted by Crippen LogP contribution is 2.27. The van der Waals surface area contributed by atoms with E-state index in [1.54, 1.807) is 0 Å². The van der Waals surface area contributed by atoms with E-state index in [2.05, 4.69) is 44.1 Å². The molecule has 0 radical (unpaired) electrons. The van der Waals surface area contributed by atoms with Gasteiger partial charge in [-0.1, -0.05) is 27.7 Å². The van der Waals surface area contributed by atoms with Gasteiger partial charge in [0.15, 0.2) is 0 Å². The fourth-order valence-corrected chi connectivity index (χ4v) is 1.71. The Morgan fingerprint density at radius 1 is 1.25 bits per heavy atom. The summed E-state index contributed by atoms with van der Waals surface area (Å²) in [6.45, 7) is 8.32. The molecule has 1 rings (SSSR count). The molecule has 86 valence electrons. The van der Waals surface area contributed by atoms with Gasteiger partial charge in [0.25, 0.3) is 0 Å². The van der Waals surface area contributed by atoms with E-state index < -0.39 is 0 Å². The summed E-state index contributed by atoms with van der Waals surface area (Å²) >= 11 is 0. The molecular weight excluding hydrogens is 198 g/mol. The van der Waals surface area contributed by atoms with Gasteiger partial charge in [0.05, 0.1) is 11.3 Å². The number of hydrogen-bond acceptors (Lipinski definition) is 3. The van der Waals surface area contributed by atoms with Gasteiger partial charge in [0.1, 0.15) is 11.9 Å². The lowest BCUT2D eigenvalue weighted by atomic mass is 9.93. The number of nitrogens with one attached hydrogen (secondary N) is 1. The predicted molar refractivity (Wildman–Crippen MR) is 66.7 cm³/mol. The summed E-state index contributed by atoms with van der Waals surface area (Å²) in [5.41, 5.74) is 2.70. The third kappa shape index (κ3) is 2.33. The zero-order valence-corrected chi connectivity index (χ0v) is 10.6. The molecule has 0 aliphatic carbocycles. The highest BCUT2D eigenvalue weighted by atomic mass is 15.0. The van der Waals surface area contributed by atoms with Crippen LogP contribution in [0.1, 0.15) is 56.4 Å². The van der Waals surface area contributed by atoms with Gasteiger partial charge < -0.3 is 5.32 Å². The van der Waals surface area contributed by atoms with E-state index in [1.807, 2.05) is 13.1 Å². The molecule has 3 heteroatoms. The van der Waals surface area contributed by atoms with Gasteiger partial charge in [-0.15, -0.1) is 0 Å². The SMILES string of the molecule is CNc1cc(C(C)C)c(C#N)c(C(C)C)n1. The maximum Gasteiger partial charge on any atom is 0.126 e. The Balaban J connectivity index is 3.48. The monoisotopic (exact) mass is 217 g/mol. The van der Waals surface area contributed by atoms with Crippen molar-refractivity contribution in [2.75, 3.05) is 12.4 Å². The molecule has 0 atom stereocenters. The van der Waals surface area contributed by atoms with Gasteiger partial charge in [-0.25, -0.2) is 4.98 Å². The predicted octanol–water partition coefficient (Wildman–Crippen LogP) is 3.24. The molecule has 0 unspecified atom stereocenters. The molecule has 3 nitrogen and oxygen atoms in total. The van der Waals surface area contributed by atoms with Crippen LogP contribution in [0.4, 0.5) is 5.82 Å². The summed E-state index contributed by atoms with van der Waals surface area (Å²) < 4.78 is 0. The van der Waals surface area contributed by atoms with E-state index in [9.17, 15) is 5.26 Å². The lowest BCUT2D eigenvalue weighted by Crippen LogP contribution is -2.06. The first-order valence-electron chi connectivity index (χ1n) is 5.63. The minimum Gasteiger partial charge on any atom is -0.373 e. The van der Waals surface area contributed by atoms with E-state index >= 15 is 0 Å². The van der Waals surface area contributed by atoms with E-state index in [0.717, 1.165) is 22.6 Å². The summed E-state index contributed by atoms with van der Waals surface area (Å²) in [6.07, 6.45) is 0. The van der Waals surface area contributed by atoms with Gasteiger partial charge >= 0.3 is 0 Å². The van der Waals surface area contributed by atoms with Crippen molar-refractivity contribution in [3.05, 3.63) is 22.9 Å². The fourth-order valence-electron chi connectivity index (χ4n) is 1.71. The largest absolute Gasteiger partial charge is 0.373 e. The van der Waals surface area contributed by atoms with Gasteiger partial charge in [-0.05, 0) is 23.5 Å². The molecule has 0 saturated carbocycles. The van der Waals surface area contributed by atoms with Gasteiger partial charge in [0.2, 0.25) is 0 Å². The van der Waals surface area contributed by atoms with Crippen LogP contribution in [-0.4, -0.2) is 12.0 Å². The Morgan fingerprint density at radius 3 is 2.25 bits per heavy atom. The summed E-state index contributed by atoms with van der Waals surface area (Å²) in [5.74, 6) is 1.44. The minimum absolute atomic E-state index is 0.264. The first-order valence-corrected chi connectivity index (χ1v) is 5.63. The molecule has 1 aromatic heterocycles. The van der Waals surface area contributed by atoms with E-state index in [1.165, 1.54) is 0 Å². The summed E-state index contributed by atoms with van der Waals surface area (Å²) in [5, 5.41) is 12.3. The Labute approximate surface area is 97.5 Å². The summed E-state index contributed by atoms with van der Waals surface area (Å²) in [4.78, 5) is 4.47. The maximum absolute atomic E-state index is 9.25. The number of pyridine rings is 1. The maximum atomic E-state index is 9.25. The molecule has 1 aromatic rings. The number of aromatic nitrogens is 1. The Hall–Kier alpha value is -1.56. The number of hydrogen-bond donors (Lipinski definition) is 1. The van der Waals surface area contributed by atoms with Crippen LogP contribution < -0.4 is 5.32 Å². The zero-order chi connectivity index (χ0) is 12.3. The highest BCUT2D eigenvalue weighted by Gasteiger charge is 2.16. The second-order valence-electron chi connectivity index (χ2n) is 4.53. The Kier molecular flexibility index (Phi) is 3.89. The third-order valence-corrected chi connectivity index (χ3v) is 2.61. The van der Waals surface area contributed by atoms with E-state index in [4.69, 9.17) is 0 Å². The van der Waals surface area contributed by atoms with Crippen LogP contribution >= 0.6 is 0 Å². The lowest BCUT2D eigenvalue weighted by Gasteiger charge is -2.16. The molecule has 16 heavy (non-hydrogen) atoms. The topological polar surface area (TPSA) is 48.7 Å². The van der Waals surface area contributed by atoms with E-state index in [-0.39, 0.29) is 5.92 Å². The average molecular weight is 217 g/mol. The first kappa shape index (κ1) is 12.5. The number of nitriles is 1. The molecule has 0 bridgehead atoms. The van der Waals surface area contributed by atoms with Gasteiger partial charge in [0, 0.05) is 7.05 Å². The smallest absolute Gasteiger partial charge is 0.126 e. The van der Waals surface area contributed by atoms with Crippen molar-refractivity contribution >= 4 is 5.82 Å². The normalized spacial score (nSPS) is 10.6. The quantitative estimate of drug-likeness (QED) is 0.845. The van der Waals surface area contributed by atoms with Crippen molar-refractivity contribution in [2.45, 2.75) is 39.5 Å². The fraction of sp³-hybridized carbons (Fsp3) is 0.538. The average Bonchev–Trinajstić information content (AvgIpc) is 2.26. The molecule has 0 saturated heterocycles. The van der Waals surface area contributed by atoms with Crippen molar-refractivity contribution in [3.63, 3.8) is 0 Å².